The second-order valence-electron chi connectivity index (χ2n) is 23.3. The molecule has 1 aliphatic heterocycles. The molecular weight excluding hydrogens is 1360 g/mol. The van der Waals surface area contributed by atoms with Crippen LogP contribution >= 0.6 is 33.2 Å². The SMILES string of the molecule is Nc1nc2ncc(CNc3ccc(C(=O)N[C@H](CCC(=O)N[C@H](CCC(=O)N[C@H](CCCN[C@H](CSSCCOC(=O)Cc4cc5c(c6ccccc46)[C@@H](CCl)CN5C(=O)c4cc5cc(NC(=O)c6cc7ccccc7[nH]6)ccc5[nH]4)C(=O)O)C(=O)O)C(=O)O)C(=O)O)cc3)nc2c(=O)[nH]1. The van der Waals surface area contributed by atoms with E-state index < -0.39 is 103 Å². The number of nitrogens with zero attached hydrogens (tertiary/aromatic N) is 4. The zero-order valence-corrected chi connectivity index (χ0v) is 55.4. The molecule has 9 aromatic rings. The first-order valence-corrected chi connectivity index (χ1v) is 34.4. The van der Waals surface area contributed by atoms with Gasteiger partial charge in [-0.25, -0.2) is 24.4 Å². The predicted octanol–water partition coefficient (Wildman–Crippen LogP) is 6.13. The lowest BCUT2D eigenvalue weighted by atomic mass is 9.92. The summed E-state index contributed by atoms with van der Waals surface area (Å²) in [5, 5.41) is 58.4. The first kappa shape index (κ1) is 71.7. The van der Waals surface area contributed by atoms with Gasteiger partial charge in [-0.2, -0.15) is 4.98 Å². The molecule has 1 aliphatic rings. The Hall–Kier alpha value is -11.1. The molecule has 10 rings (SSSR count). The van der Waals surface area contributed by atoms with Crippen molar-refractivity contribution in [1.82, 2.24) is 51.2 Å². The highest BCUT2D eigenvalue weighted by molar-refractivity contribution is 8.76. The Morgan fingerprint density at radius 2 is 1.32 bits per heavy atom. The van der Waals surface area contributed by atoms with Crippen LogP contribution in [0.5, 0.6) is 0 Å². The van der Waals surface area contributed by atoms with Crippen molar-refractivity contribution >= 4 is 159 Å². The van der Waals surface area contributed by atoms with Crippen molar-refractivity contribution in [2.45, 2.75) is 81.6 Å². The molecule has 0 saturated carbocycles. The number of fused-ring (bicyclic) bond motifs is 6. The highest BCUT2D eigenvalue weighted by Crippen LogP contribution is 2.44. The summed E-state index contributed by atoms with van der Waals surface area (Å²) in [5.41, 5.74) is 10.9. The van der Waals surface area contributed by atoms with E-state index >= 15 is 0 Å². The molecule has 15 N–H and O–H groups in total. The van der Waals surface area contributed by atoms with Crippen molar-refractivity contribution in [3.8, 4) is 0 Å². The van der Waals surface area contributed by atoms with Gasteiger partial charge in [-0.1, -0.05) is 64.1 Å². The maximum Gasteiger partial charge on any atom is 0.326 e. The first-order valence-electron chi connectivity index (χ1n) is 31.3. The summed E-state index contributed by atoms with van der Waals surface area (Å²) in [6.45, 7) is 0.450. The molecule has 5 atom stereocenters. The molecule has 0 aliphatic carbocycles. The second kappa shape index (κ2) is 33.0. The number of aromatic nitrogens is 6. The lowest BCUT2D eigenvalue weighted by molar-refractivity contribution is -0.143. The zero-order chi connectivity index (χ0) is 71.1. The molecule has 0 unspecified atom stereocenters. The highest BCUT2D eigenvalue weighted by Gasteiger charge is 2.36. The average molecular weight is 1420 g/mol. The Kier molecular flexibility index (Phi) is 23.6. The number of halogens is 1. The van der Waals surface area contributed by atoms with Crippen LogP contribution in [0.4, 0.5) is 23.0 Å². The van der Waals surface area contributed by atoms with E-state index in [1.807, 2.05) is 54.6 Å². The normalized spacial score (nSPS) is 13.8. The summed E-state index contributed by atoms with van der Waals surface area (Å²) in [5.74, 6) is -9.03. The van der Waals surface area contributed by atoms with Gasteiger partial charge in [0, 0.05) is 87.1 Å². The van der Waals surface area contributed by atoms with Gasteiger partial charge in [-0.3, -0.25) is 43.3 Å². The molecule has 33 heteroatoms. The fourth-order valence-electron chi connectivity index (χ4n) is 11.3. The predicted molar refractivity (Wildman–Crippen MR) is 375 cm³/mol. The zero-order valence-electron chi connectivity index (χ0n) is 53.0. The van der Waals surface area contributed by atoms with Gasteiger partial charge in [0.05, 0.1) is 24.9 Å². The van der Waals surface area contributed by atoms with E-state index in [-0.39, 0.29) is 97.5 Å². The number of aliphatic carboxylic acids is 4. The number of rotatable bonds is 34. The van der Waals surface area contributed by atoms with E-state index in [2.05, 4.69) is 61.8 Å². The molecule has 0 bridgehead atoms. The third-order valence-electron chi connectivity index (χ3n) is 16.3. The summed E-state index contributed by atoms with van der Waals surface area (Å²) < 4.78 is 5.63. The summed E-state index contributed by atoms with van der Waals surface area (Å²) in [6, 6.07) is 26.0. The van der Waals surface area contributed by atoms with Crippen LogP contribution in [0.25, 0.3) is 43.7 Å². The molecule has 5 aromatic carbocycles. The van der Waals surface area contributed by atoms with E-state index in [1.54, 1.807) is 35.2 Å². The Morgan fingerprint density at radius 1 is 0.680 bits per heavy atom. The number of anilines is 4. The van der Waals surface area contributed by atoms with Crippen LogP contribution in [0.3, 0.4) is 0 Å². The Labute approximate surface area is 580 Å². The van der Waals surface area contributed by atoms with E-state index in [0.717, 1.165) is 27.2 Å². The molecule has 5 heterocycles. The van der Waals surface area contributed by atoms with Gasteiger partial charge in [0.25, 0.3) is 23.3 Å². The van der Waals surface area contributed by atoms with Gasteiger partial charge in [-0.05, 0) is 121 Å². The minimum absolute atomic E-state index is 0.00108. The average Bonchev–Trinajstić information content (AvgIpc) is 1.56. The van der Waals surface area contributed by atoms with Crippen molar-refractivity contribution in [2.24, 2.45) is 0 Å². The van der Waals surface area contributed by atoms with E-state index in [4.69, 9.17) is 22.1 Å². The quantitative estimate of drug-likeness (QED) is 0.00933. The fourth-order valence-corrected chi connectivity index (χ4v) is 13.6. The number of para-hydroxylation sites is 1. The maximum absolute atomic E-state index is 14.4. The van der Waals surface area contributed by atoms with E-state index in [0.29, 0.717) is 56.4 Å². The van der Waals surface area contributed by atoms with Crippen LogP contribution in [-0.2, 0) is 51.3 Å². The second-order valence-corrected chi connectivity index (χ2v) is 26.2. The standard InChI is InChI=1S/C67H67ClN14O16S2/c68-29-38-32-82(62(89)50-26-37-24-40(15-16-45(37)76-50)74-60(87)49-25-35-6-1-4-9-44(35)75-49)52-27-36(42-7-2-3-8-43(42)56(38)52)28-55(85)98-22-23-99-100-33-51(66(96)97)70-21-5-10-46(63(90)91)77-53(83)19-17-47(64(92)93)78-54(84)20-18-48(65(94)95)79-59(86)34-11-13-39(14-12-34)71-30-41-31-72-58-57(73-41)61(88)81-67(69)80-58/h1-4,6-9,11-16,24-27,31,38,46-48,51,70-71,75-76H,5,10,17-23,28-30,32-33H2,(H,74,87)(H,77,83)(H,78,84)(H,79,86)(H,90,91)(H,92,93)(H,94,95)(H,96,97)(H3,69,72,80,81,88)/t38-,46+,47+,48+,51+/m0/s1. The number of aromatic amines is 3. The molecule has 0 saturated heterocycles. The molecule has 4 aromatic heterocycles. The minimum Gasteiger partial charge on any atom is -0.480 e. The minimum atomic E-state index is -1.64. The third kappa shape index (κ3) is 18.2. The van der Waals surface area contributed by atoms with Crippen molar-refractivity contribution in [3.05, 3.63) is 160 Å². The number of ether oxygens (including phenoxy) is 1. The van der Waals surface area contributed by atoms with E-state index in [9.17, 15) is 73.2 Å². The van der Waals surface area contributed by atoms with Gasteiger partial charge in [0.15, 0.2) is 11.2 Å². The van der Waals surface area contributed by atoms with Gasteiger partial charge >= 0.3 is 29.8 Å². The van der Waals surface area contributed by atoms with E-state index in [1.165, 1.54) is 52.1 Å². The highest BCUT2D eigenvalue weighted by atomic mass is 35.5. The molecule has 0 fully saturated rings. The van der Waals surface area contributed by atoms with Crippen LogP contribution in [0, 0.1) is 0 Å². The monoisotopic (exact) mass is 1420 g/mol. The van der Waals surface area contributed by atoms with Crippen molar-refractivity contribution in [2.75, 3.05) is 58.3 Å². The van der Waals surface area contributed by atoms with Crippen molar-refractivity contribution in [3.63, 3.8) is 0 Å². The lowest BCUT2D eigenvalue weighted by Crippen LogP contribution is -2.45. The number of nitrogens with one attached hydrogen (secondary N) is 9. The summed E-state index contributed by atoms with van der Waals surface area (Å²) in [6.07, 6.45) is -0.776. The number of amides is 5. The Balaban J connectivity index is 0.621. The van der Waals surface area contributed by atoms with Gasteiger partial charge in [0.1, 0.15) is 42.2 Å². The Morgan fingerprint density at radius 3 is 2.02 bits per heavy atom. The molecule has 30 nitrogen and oxygen atoms in total. The number of alkyl halides is 1. The van der Waals surface area contributed by atoms with Crippen molar-refractivity contribution in [1.29, 1.82) is 0 Å². The van der Waals surface area contributed by atoms with Crippen LogP contribution in [0.2, 0.25) is 0 Å². The number of carbonyl (C=O) groups is 10. The number of hydrogen-bond donors (Lipinski definition) is 14. The maximum atomic E-state index is 14.4. The fraction of sp³-hybridized carbons (Fsp3) is 0.284. The molecule has 0 radical (unpaired) electrons. The number of nitrogens with two attached hydrogens (primary N) is 1. The lowest BCUT2D eigenvalue weighted by Gasteiger charge is -2.19. The van der Waals surface area contributed by atoms with Crippen molar-refractivity contribution < 1.29 is 73.1 Å². The number of H-pyrrole nitrogens is 3. The van der Waals surface area contributed by atoms with Crippen LogP contribution in [0.1, 0.15) is 92.6 Å². The molecule has 520 valence electrons. The number of nitrogen functional groups attached to an aromatic ring is 1. The first-order chi connectivity index (χ1) is 48.1. The largest absolute Gasteiger partial charge is 0.480 e. The molecule has 5 amide bonds. The summed E-state index contributed by atoms with van der Waals surface area (Å²) in [4.78, 5) is 163. The van der Waals surface area contributed by atoms with Gasteiger partial charge in [-0.15, -0.1) is 11.6 Å². The number of carboxylic acid groups (broad SMARTS) is 4. The smallest absolute Gasteiger partial charge is 0.326 e. The van der Waals surface area contributed by atoms with Crippen LogP contribution in [-0.4, -0.2) is 171 Å². The van der Waals surface area contributed by atoms with Gasteiger partial charge < -0.3 is 77.7 Å². The number of hydrogen-bond acceptors (Lipinski definition) is 20. The summed E-state index contributed by atoms with van der Waals surface area (Å²) in [7, 11) is 2.48. The number of esters is 1. The van der Waals surface area contributed by atoms with Gasteiger partial charge in [0.2, 0.25) is 17.8 Å². The summed E-state index contributed by atoms with van der Waals surface area (Å²) >= 11 is 6.57. The topological polar surface area (TPSA) is 465 Å². The third-order valence-corrected chi connectivity index (χ3v) is 19.1. The number of carboxylic acids is 4. The van der Waals surface area contributed by atoms with Crippen LogP contribution < -0.4 is 48.1 Å². The molecule has 0 spiro atoms. The molecule has 100 heavy (non-hydrogen) atoms. The Bertz CT molecular complexity index is 4650. The number of carbonyl (C=O) groups excluding carboxylic acids is 6. The number of benzene rings is 5. The van der Waals surface area contributed by atoms with Crippen LogP contribution in [0.15, 0.2) is 120 Å². The molecular formula is C67H67ClN14O16S2.